The molecule has 0 bridgehead atoms. The van der Waals surface area contributed by atoms with Crippen molar-refractivity contribution in [1.29, 1.82) is 0 Å². The van der Waals surface area contributed by atoms with Gasteiger partial charge in [0.1, 0.15) is 0 Å². The number of hydrogen-bond acceptors (Lipinski definition) is 8. The van der Waals surface area contributed by atoms with E-state index in [0.29, 0.717) is 22.8 Å². The summed E-state index contributed by atoms with van der Waals surface area (Å²) in [6.07, 6.45) is 6.77. The maximum Gasteiger partial charge on any atom is 0.221 e. The Labute approximate surface area is 149 Å². The number of aromatic nitrogens is 6. The van der Waals surface area contributed by atoms with Gasteiger partial charge in [-0.15, -0.1) is 0 Å². The molecule has 126 valence electrons. The minimum absolute atomic E-state index is 0.150. The molecule has 8 nitrogen and oxygen atoms in total. The van der Waals surface area contributed by atoms with Crippen LogP contribution in [0.2, 0.25) is 0 Å². The summed E-state index contributed by atoms with van der Waals surface area (Å²) in [4.78, 5) is 25.2. The summed E-state index contributed by atoms with van der Waals surface area (Å²) in [7, 11) is 0. The highest BCUT2D eigenvalue weighted by Crippen LogP contribution is 2.26. The van der Waals surface area contributed by atoms with Crippen LogP contribution >= 0.6 is 0 Å². The zero-order chi connectivity index (χ0) is 17.9. The number of nitrogens with two attached hydrogens (primary N) is 2. The fraction of sp³-hybridized carbons (Fsp3) is 0. The van der Waals surface area contributed by atoms with E-state index in [-0.39, 0.29) is 11.9 Å². The summed E-state index contributed by atoms with van der Waals surface area (Å²) in [5.41, 5.74) is 16.0. The van der Waals surface area contributed by atoms with Crippen molar-refractivity contribution in [2.75, 3.05) is 11.5 Å². The zero-order valence-electron chi connectivity index (χ0n) is 13.6. The number of rotatable bonds is 3. The molecule has 0 aliphatic rings. The third kappa shape index (κ3) is 3.16. The van der Waals surface area contributed by atoms with Crippen molar-refractivity contribution in [2.24, 2.45) is 0 Å². The molecule has 4 rings (SSSR count). The number of hydrogen-bond donors (Lipinski definition) is 2. The van der Waals surface area contributed by atoms with Crippen molar-refractivity contribution in [3.63, 3.8) is 0 Å². The van der Waals surface area contributed by atoms with Crippen molar-refractivity contribution < 1.29 is 0 Å². The first-order valence-electron chi connectivity index (χ1n) is 7.79. The Morgan fingerprint density at radius 2 is 0.846 bits per heavy atom. The molecule has 0 spiro atoms. The first-order valence-corrected chi connectivity index (χ1v) is 7.79. The molecule has 0 saturated carbocycles. The van der Waals surface area contributed by atoms with E-state index in [9.17, 15) is 0 Å². The topological polar surface area (TPSA) is 129 Å². The monoisotopic (exact) mass is 342 g/mol. The lowest BCUT2D eigenvalue weighted by Gasteiger charge is -2.08. The van der Waals surface area contributed by atoms with Gasteiger partial charge < -0.3 is 11.5 Å². The van der Waals surface area contributed by atoms with E-state index < -0.39 is 0 Å². The quantitative estimate of drug-likeness (QED) is 0.579. The van der Waals surface area contributed by atoms with Crippen molar-refractivity contribution in [3.05, 3.63) is 61.2 Å². The molecule has 0 fully saturated rings. The summed E-state index contributed by atoms with van der Waals surface area (Å²) in [5.74, 6) is 0.300. The average Bonchev–Trinajstić information content (AvgIpc) is 2.68. The van der Waals surface area contributed by atoms with Crippen LogP contribution in [0.15, 0.2) is 61.2 Å². The second-order valence-electron chi connectivity index (χ2n) is 5.47. The lowest BCUT2D eigenvalue weighted by atomic mass is 10.1. The predicted octanol–water partition coefficient (Wildman–Crippen LogP) is 2.22. The van der Waals surface area contributed by atoms with Gasteiger partial charge >= 0.3 is 0 Å². The van der Waals surface area contributed by atoms with Crippen LogP contribution in [0.4, 0.5) is 11.9 Å². The smallest absolute Gasteiger partial charge is 0.221 e. The maximum atomic E-state index is 5.90. The third-order valence-electron chi connectivity index (χ3n) is 3.70. The maximum absolute atomic E-state index is 5.90. The van der Waals surface area contributed by atoms with Gasteiger partial charge in [0.25, 0.3) is 0 Å². The Morgan fingerprint density at radius 1 is 0.500 bits per heavy atom. The largest absolute Gasteiger partial charge is 0.368 e. The van der Waals surface area contributed by atoms with E-state index >= 15 is 0 Å². The first kappa shape index (κ1) is 15.6. The normalized spacial score (nSPS) is 10.6. The van der Waals surface area contributed by atoms with E-state index in [1.165, 1.54) is 0 Å². The van der Waals surface area contributed by atoms with Gasteiger partial charge in [0.15, 0.2) is 0 Å². The predicted molar refractivity (Wildman–Crippen MR) is 98.3 cm³/mol. The number of nitrogen functional groups attached to an aromatic ring is 2. The van der Waals surface area contributed by atoms with Crippen LogP contribution in [0.5, 0.6) is 0 Å². The minimum Gasteiger partial charge on any atom is -0.368 e. The van der Waals surface area contributed by atoms with Crippen LogP contribution in [0.1, 0.15) is 0 Å². The molecule has 0 atom stereocenters. The Balaban J connectivity index is 1.83. The Bertz CT molecular complexity index is 964. The number of pyridine rings is 2. The molecule has 4 N–H and O–H groups in total. The number of nitrogens with zero attached hydrogens (tertiary/aromatic N) is 6. The Hall–Kier alpha value is -3.94. The van der Waals surface area contributed by atoms with Crippen LogP contribution < -0.4 is 11.5 Å². The molecule has 26 heavy (non-hydrogen) atoms. The molecule has 4 heterocycles. The molecule has 4 aromatic heterocycles. The molecule has 4 aromatic rings. The second kappa shape index (κ2) is 6.52. The second-order valence-corrected chi connectivity index (χ2v) is 5.47. The lowest BCUT2D eigenvalue weighted by Crippen LogP contribution is -2.02. The van der Waals surface area contributed by atoms with Gasteiger partial charge in [-0.3, -0.25) is 9.97 Å². The summed E-state index contributed by atoms with van der Waals surface area (Å²) in [6.45, 7) is 0. The molecule has 0 radical (unpaired) electrons. The Kier molecular flexibility index (Phi) is 3.91. The SMILES string of the molecule is Nc1nc(-c2ccncc2)cc(-c2cc(-c3ccncc3)nc(N)n2)n1. The van der Waals surface area contributed by atoms with Gasteiger partial charge in [-0.05, 0) is 36.4 Å². The minimum atomic E-state index is 0.150. The molecule has 0 amide bonds. The standard InChI is InChI=1S/C18H14N8/c19-17-23-13(11-1-5-21-6-2-11)9-15(25-17)16-10-14(24-18(20)26-16)12-3-7-22-8-4-12/h1-10H,(H2,19,23,25)(H2,20,24,26). The highest BCUT2D eigenvalue weighted by atomic mass is 15.0. The van der Waals surface area contributed by atoms with Gasteiger partial charge in [0.05, 0.1) is 22.8 Å². The van der Waals surface area contributed by atoms with E-state index in [4.69, 9.17) is 11.5 Å². The highest BCUT2D eigenvalue weighted by Gasteiger charge is 2.11. The van der Waals surface area contributed by atoms with Gasteiger partial charge in [0.2, 0.25) is 11.9 Å². The van der Waals surface area contributed by atoms with E-state index in [0.717, 1.165) is 11.1 Å². The molecular formula is C18H14N8. The van der Waals surface area contributed by atoms with Crippen LogP contribution in [-0.4, -0.2) is 29.9 Å². The third-order valence-corrected chi connectivity index (χ3v) is 3.70. The lowest BCUT2D eigenvalue weighted by molar-refractivity contribution is 1.14. The molecule has 0 unspecified atom stereocenters. The van der Waals surface area contributed by atoms with Gasteiger partial charge in [0, 0.05) is 35.9 Å². The summed E-state index contributed by atoms with van der Waals surface area (Å²) in [6, 6.07) is 11.0. The van der Waals surface area contributed by atoms with E-state index in [2.05, 4.69) is 29.9 Å². The fourth-order valence-corrected chi connectivity index (χ4v) is 2.54. The summed E-state index contributed by atoms with van der Waals surface area (Å²) >= 11 is 0. The average molecular weight is 342 g/mol. The highest BCUT2D eigenvalue weighted by molar-refractivity contribution is 5.71. The van der Waals surface area contributed by atoms with Gasteiger partial charge in [-0.25, -0.2) is 19.9 Å². The molecule has 8 heteroatoms. The van der Waals surface area contributed by atoms with Crippen molar-refractivity contribution in [3.8, 4) is 33.9 Å². The van der Waals surface area contributed by atoms with Gasteiger partial charge in [-0.2, -0.15) is 0 Å². The van der Waals surface area contributed by atoms with Crippen molar-refractivity contribution in [1.82, 2.24) is 29.9 Å². The van der Waals surface area contributed by atoms with Gasteiger partial charge in [-0.1, -0.05) is 0 Å². The summed E-state index contributed by atoms with van der Waals surface area (Å²) < 4.78 is 0. The number of anilines is 2. The Morgan fingerprint density at radius 3 is 1.23 bits per heavy atom. The van der Waals surface area contributed by atoms with E-state index in [1.807, 2.05) is 36.4 Å². The van der Waals surface area contributed by atoms with Crippen molar-refractivity contribution in [2.45, 2.75) is 0 Å². The van der Waals surface area contributed by atoms with E-state index in [1.54, 1.807) is 24.8 Å². The zero-order valence-corrected chi connectivity index (χ0v) is 13.6. The fourth-order valence-electron chi connectivity index (χ4n) is 2.54. The summed E-state index contributed by atoms with van der Waals surface area (Å²) in [5, 5.41) is 0. The van der Waals surface area contributed by atoms with Crippen LogP contribution in [0.3, 0.4) is 0 Å². The van der Waals surface area contributed by atoms with Crippen molar-refractivity contribution >= 4 is 11.9 Å². The van der Waals surface area contributed by atoms with Crippen LogP contribution in [0.25, 0.3) is 33.9 Å². The molecule has 0 aliphatic carbocycles. The molecule has 0 aliphatic heterocycles. The van der Waals surface area contributed by atoms with Crippen LogP contribution in [-0.2, 0) is 0 Å². The molecule has 0 aromatic carbocycles. The first-order chi connectivity index (χ1) is 12.7. The molecular weight excluding hydrogens is 328 g/mol. The molecule has 0 saturated heterocycles. The van der Waals surface area contributed by atoms with Crippen LogP contribution in [0, 0.1) is 0 Å².